The molecule has 0 spiro atoms. The third kappa shape index (κ3) is 3.20. The SMILES string of the molecule is CCN(C(C)=O)c1nc(Cn2cc(C(C)N)nn2)cs1. The molecule has 1 unspecified atom stereocenters. The Bertz CT molecular complexity index is 590. The fraction of sp³-hybridized carbons (Fsp3) is 0.500. The second-order valence-electron chi connectivity index (χ2n) is 4.51. The zero-order chi connectivity index (χ0) is 14.7. The summed E-state index contributed by atoms with van der Waals surface area (Å²) in [6.07, 6.45) is 1.81. The highest BCUT2D eigenvalue weighted by Crippen LogP contribution is 2.21. The summed E-state index contributed by atoms with van der Waals surface area (Å²) in [5.74, 6) is -0.00611. The van der Waals surface area contributed by atoms with Crippen molar-refractivity contribution in [3.63, 3.8) is 0 Å². The van der Waals surface area contributed by atoms with E-state index in [0.717, 1.165) is 11.4 Å². The van der Waals surface area contributed by atoms with Crippen LogP contribution in [0.2, 0.25) is 0 Å². The Hall–Kier alpha value is -1.80. The molecule has 0 saturated heterocycles. The van der Waals surface area contributed by atoms with E-state index in [9.17, 15) is 4.79 Å². The molecule has 0 fully saturated rings. The van der Waals surface area contributed by atoms with Gasteiger partial charge in [-0.15, -0.1) is 16.4 Å². The first-order valence-corrected chi connectivity index (χ1v) is 7.27. The highest BCUT2D eigenvalue weighted by Gasteiger charge is 2.14. The number of nitrogens with zero attached hydrogens (tertiary/aromatic N) is 5. The van der Waals surface area contributed by atoms with E-state index in [1.165, 1.54) is 18.3 Å². The lowest BCUT2D eigenvalue weighted by atomic mass is 10.3. The van der Waals surface area contributed by atoms with Gasteiger partial charge in [-0.2, -0.15) is 0 Å². The average molecular weight is 294 g/mol. The molecule has 0 aliphatic carbocycles. The summed E-state index contributed by atoms with van der Waals surface area (Å²) >= 11 is 1.45. The van der Waals surface area contributed by atoms with Gasteiger partial charge in [0.2, 0.25) is 5.91 Å². The van der Waals surface area contributed by atoms with E-state index in [2.05, 4.69) is 15.3 Å². The number of amides is 1. The molecule has 20 heavy (non-hydrogen) atoms. The fourth-order valence-electron chi connectivity index (χ4n) is 1.75. The average Bonchev–Trinajstić information content (AvgIpc) is 3.00. The van der Waals surface area contributed by atoms with Crippen LogP contribution >= 0.6 is 11.3 Å². The molecule has 2 aromatic heterocycles. The van der Waals surface area contributed by atoms with Crippen molar-refractivity contribution in [2.75, 3.05) is 11.4 Å². The maximum Gasteiger partial charge on any atom is 0.225 e. The summed E-state index contributed by atoms with van der Waals surface area (Å²) in [7, 11) is 0. The minimum atomic E-state index is -0.136. The minimum absolute atomic E-state index is 0.00611. The van der Waals surface area contributed by atoms with E-state index < -0.39 is 0 Å². The van der Waals surface area contributed by atoms with Crippen LogP contribution in [0.1, 0.15) is 38.2 Å². The predicted octanol–water partition coefficient (Wildman–Crippen LogP) is 1.18. The molecule has 7 nitrogen and oxygen atoms in total. The Kier molecular flexibility index (Phi) is 4.46. The van der Waals surface area contributed by atoms with Crippen LogP contribution in [0.25, 0.3) is 0 Å². The van der Waals surface area contributed by atoms with Crippen LogP contribution in [0.15, 0.2) is 11.6 Å². The molecule has 0 saturated carbocycles. The van der Waals surface area contributed by atoms with Crippen molar-refractivity contribution in [3.05, 3.63) is 23.0 Å². The number of hydrogen-bond acceptors (Lipinski definition) is 6. The second-order valence-corrected chi connectivity index (χ2v) is 5.35. The molecule has 108 valence electrons. The monoisotopic (exact) mass is 294 g/mol. The molecule has 2 aromatic rings. The van der Waals surface area contributed by atoms with Crippen molar-refractivity contribution < 1.29 is 4.79 Å². The maximum atomic E-state index is 11.5. The van der Waals surface area contributed by atoms with Gasteiger partial charge >= 0.3 is 0 Å². The molecular formula is C12H18N6OS. The molecule has 2 N–H and O–H groups in total. The Labute approximate surface area is 121 Å². The number of hydrogen-bond donors (Lipinski definition) is 1. The predicted molar refractivity (Wildman–Crippen MR) is 77.5 cm³/mol. The lowest BCUT2D eigenvalue weighted by Crippen LogP contribution is -2.27. The van der Waals surface area contributed by atoms with Crippen molar-refractivity contribution in [1.29, 1.82) is 0 Å². The molecule has 1 atom stereocenters. The summed E-state index contributed by atoms with van der Waals surface area (Å²) in [5, 5.41) is 10.6. The summed E-state index contributed by atoms with van der Waals surface area (Å²) < 4.78 is 1.70. The molecule has 0 aliphatic heterocycles. The lowest BCUT2D eigenvalue weighted by molar-refractivity contribution is -0.116. The van der Waals surface area contributed by atoms with E-state index in [4.69, 9.17) is 5.73 Å². The second kappa shape index (κ2) is 6.10. The first-order valence-electron chi connectivity index (χ1n) is 6.39. The summed E-state index contributed by atoms with van der Waals surface area (Å²) in [5.41, 5.74) is 7.34. The van der Waals surface area contributed by atoms with Crippen LogP contribution in [-0.2, 0) is 11.3 Å². The van der Waals surface area contributed by atoms with Gasteiger partial charge in [-0.1, -0.05) is 5.21 Å². The Morgan fingerprint density at radius 3 is 2.90 bits per heavy atom. The Morgan fingerprint density at radius 1 is 1.60 bits per heavy atom. The van der Waals surface area contributed by atoms with Gasteiger partial charge < -0.3 is 5.73 Å². The van der Waals surface area contributed by atoms with Crippen molar-refractivity contribution in [2.45, 2.75) is 33.4 Å². The smallest absolute Gasteiger partial charge is 0.225 e. The standard InChI is InChI=1S/C12H18N6OS/c1-4-18(9(3)19)12-14-10(7-20-12)5-17-6-11(8(2)13)15-16-17/h6-8H,4-5,13H2,1-3H3. The van der Waals surface area contributed by atoms with E-state index >= 15 is 0 Å². The molecular weight excluding hydrogens is 276 g/mol. The largest absolute Gasteiger partial charge is 0.323 e. The number of rotatable bonds is 5. The van der Waals surface area contributed by atoms with E-state index in [1.54, 1.807) is 9.58 Å². The normalized spacial score (nSPS) is 12.4. The van der Waals surface area contributed by atoms with Crippen LogP contribution in [0.4, 0.5) is 5.13 Å². The van der Waals surface area contributed by atoms with Crippen molar-refractivity contribution in [1.82, 2.24) is 20.0 Å². The highest BCUT2D eigenvalue weighted by atomic mass is 32.1. The zero-order valence-electron chi connectivity index (χ0n) is 11.8. The Morgan fingerprint density at radius 2 is 2.35 bits per heavy atom. The molecule has 0 radical (unpaired) electrons. The third-order valence-electron chi connectivity index (χ3n) is 2.81. The zero-order valence-corrected chi connectivity index (χ0v) is 12.6. The summed E-state index contributed by atoms with van der Waals surface area (Å²) in [6, 6.07) is -0.136. The lowest BCUT2D eigenvalue weighted by Gasteiger charge is -2.14. The van der Waals surface area contributed by atoms with Gasteiger partial charge in [-0.25, -0.2) is 9.67 Å². The summed E-state index contributed by atoms with van der Waals surface area (Å²) in [6.45, 7) is 6.46. The quantitative estimate of drug-likeness (QED) is 0.894. The number of nitrogens with two attached hydrogens (primary N) is 1. The van der Waals surface area contributed by atoms with Crippen LogP contribution in [-0.4, -0.2) is 32.4 Å². The van der Waals surface area contributed by atoms with Gasteiger partial charge in [0, 0.05) is 24.9 Å². The van der Waals surface area contributed by atoms with Crippen LogP contribution < -0.4 is 10.6 Å². The number of carbonyl (C=O) groups excluding carboxylic acids is 1. The molecule has 8 heteroatoms. The highest BCUT2D eigenvalue weighted by molar-refractivity contribution is 7.14. The molecule has 2 rings (SSSR count). The molecule has 0 aromatic carbocycles. The van der Waals surface area contributed by atoms with Crippen LogP contribution in [0, 0.1) is 0 Å². The minimum Gasteiger partial charge on any atom is -0.323 e. The van der Waals surface area contributed by atoms with E-state index in [0.29, 0.717) is 18.2 Å². The first-order chi connectivity index (χ1) is 9.51. The fourth-order valence-corrected chi connectivity index (χ4v) is 2.67. The van der Waals surface area contributed by atoms with Gasteiger partial charge in [0.1, 0.15) is 0 Å². The van der Waals surface area contributed by atoms with Crippen molar-refractivity contribution in [3.8, 4) is 0 Å². The number of thiazole rings is 1. The van der Waals surface area contributed by atoms with E-state index in [-0.39, 0.29) is 11.9 Å². The van der Waals surface area contributed by atoms with Gasteiger partial charge in [-0.3, -0.25) is 9.69 Å². The first kappa shape index (κ1) is 14.6. The molecule has 1 amide bonds. The van der Waals surface area contributed by atoms with Crippen molar-refractivity contribution in [2.24, 2.45) is 5.73 Å². The van der Waals surface area contributed by atoms with Crippen LogP contribution in [0.3, 0.4) is 0 Å². The summed E-state index contributed by atoms with van der Waals surface area (Å²) in [4.78, 5) is 17.6. The number of carbonyl (C=O) groups is 1. The van der Waals surface area contributed by atoms with Gasteiger partial charge in [-0.05, 0) is 13.8 Å². The maximum absolute atomic E-state index is 11.5. The molecule has 2 heterocycles. The van der Waals surface area contributed by atoms with Gasteiger partial charge in [0.15, 0.2) is 5.13 Å². The van der Waals surface area contributed by atoms with Crippen molar-refractivity contribution >= 4 is 22.4 Å². The van der Waals surface area contributed by atoms with Gasteiger partial charge in [0.05, 0.1) is 24.1 Å². The Balaban J connectivity index is 2.10. The molecule has 0 aliphatic rings. The van der Waals surface area contributed by atoms with E-state index in [1.807, 2.05) is 25.4 Å². The van der Waals surface area contributed by atoms with Gasteiger partial charge in [0.25, 0.3) is 0 Å². The molecule has 0 bridgehead atoms. The third-order valence-corrected chi connectivity index (χ3v) is 3.73. The topological polar surface area (TPSA) is 89.9 Å². The number of aromatic nitrogens is 4. The number of anilines is 1. The van der Waals surface area contributed by atoms with Crippen LogP contribution in [0.5, 0.6) is 0 Å².